The summed E-state index contributed by atoms with van der Waals surface area (Å²) >= 11 is 0. The molecule has 5 heteroatoms. The number of anilines is 1. The maximum Gasteiger partial charge on any atom is 0.119 e. The predicted molar refractivity (Wildman–Crippen MR) is 83.5 cm³/mol. The molecular weight excluding hydrogens is 266 g/mol. The van der Waals surface area contributed by atoms with Gasteiger partial charge < -0.3 is 15.2 Å². The van der Waals surface area contributed by atoms with Gasteiger partial charge in [0.1, 0.15) is 5.75 Å². The lowest BCUT2D eigenvalue weighted by Gasteiger charge is -2.32. The van der Waals surface area contributed by atoms with Gasteiger partial charge in [0.15, 0.2) is 0 Å². The van der Waals surface area contributed by atoms with E-state index in [0.717, 1.165) is 62.9 Å². The minimum Gasteiger partial charge on any atom is -0.497 e. The Morgan fingerprint density at radius 3 is 2.86 bits per heavy atom. The van der Waals surface area contributed by atoms with Crippen LogP contribution in [0.5, 0.6) is 5.75 Å². The molecule has 2 saturated heterocycles. The van der Waals surface area contributed by atoms with E-state index in [9.17, 15) is 0 Å². The highest BCUT2D eigenvalue weighted by Crippen LogP contribution is 2.24. The lowest BCUT2D eigenvalue weighted by molar-refractivity contribution is 0.0184. The first kappa shape index (κ1) is 14.6. The van der Waals surface area contributed by atoms with E-state index >= 15 is 0 Å². The molecule has 2 heterocycles. The third kappa shape index (κ3) is 3.48. The van der Waals surface area contributed by atoms with Crippen LogP contribution in [0.25, 0.3) is 0 Å². The third-order valence-electron chi connectivity index (χ3n) is 4.55. The Morgan fingerprint density at radius 2 is 2.10 bits per heavy atom. The fraction of sp³-hybridized carbons (Fsp3) is 0.625. The molecule has 2 aliphatic rings. The van der Waals surface area contributed by atoms with Crippen LogP contribution in [0.3, 0.4) is 0 Å². The number of nitrogens with two attached hydrogens (primary N) is 1. The van der Waals surface area contributed by atoms with E-state index < -0.39 is 0 Å². The monoisotopic (exact) mass is 291 g/mol. The molecule has 1 aromatic rings. The van der Waals surface area contributed by atoms with Crippen molar-refractivity contribution >= 4 is 5.69 Å². The predicted octanol–water partition coefficient (Wildman–Crippen LogP) is 1.18. The summed E-state index contributed by atoms with van der Waals surface area (Å²) in [5.41, 5.74) is 8.11. The van der Waals surface area contributed by atoms with Gasteiger partial charge in [0.2, 0.25) is 0 Å². The van der Waals surface area contributed by atoms with Gasteiger partial charge in [-0.15, -0.1) is 0 Å². The molecule has 2 N–H and O–H groups in total. The van der Waals surface area contributed by atoms with Crippen molar-refractivity contribution in [1.29, 1.82) is 0 Å². The zero-order valence-electron chi connectivity index (χ0n) is 12.8. The highest BCUT2D eigenvalue weighted by molar-refractivity contribution is 5.50. The van der Waals surface area contributed by atoms with Crippen molar-refractivity contribution in [3.63, 3.8) is 0 Å². The van der Waals surface area contributed by atoms with Gasteiger partial charge in [0.25, 0.3) is 0 Å². The molecule has 0 amide bonds. The van der Waals surface area contributed by atoms with Crippen molar-refractivity contribution in [3.05, 3.63) is 23.8 Å². The second kappa shape index (κ2) is 6.64. The van der Waals surface area contributed by atoms with E-state index in [2.05, 4.69) is 15.9 Å². The van der Waals surface area contributed by atoms with E-state index in [1.165, 1.54) is 6.42 Å². The van der Waals surface area contributed by atoms with Crippen LogP contribution in [0.4, 0.5) is 5.69 Å². The van der Waals surface area contributed by atoms with Gasteiger partial charge >= 0.3 is 0 Å². The average Bonchev–Trinajstić information content (AvgIpc) is 2.99. The zero-order chi connectivity index (χ0) is 14.7. The molecule has 0 aromatic heterocycles. The van der Waals surface area contributed by atoms with Crippen LogP contribution in [-0.4, -0.2) is 62.3 Å². The number of benzene rings is 1. The maximum absolute atomic E-state index is 6.09. The lowest BCUT2D eigenvalue weighted by atomic mass is 10.1. The fourth-order valence-corrected chi connectivity index (χ4v) is 3.28. The van der Waals surface area contributed by atoms with Gasteiger partial charge in [0.05, 0.1) is 20.3 Å². The van der Waals surface area contributed by atoms with Crippen molar-refractivity contribution in [1.82, 2.24) is 9.80 Å². The van der Waals surface area contributed by atoms with Crippen molar-refractivity contribution in [2.75, 3.05) is 52.2 Å². The SMILES string of the molecule is COc1ccc(N)c(CN2CCC(N3CCOCC3)C2)c1. The lowest BCUT2D eigenvalue weighted by Crippen LogP contribution is -2.44. The summed E-state index contributed by atoms with van der Waals surface area (Å²) in [5.74, 6) is 0.878. The molecular formula is C16H25N3O2. The van der Waals surface area contributed by atoms with Gasteiger partial charge in [-0.3, -0.25) is 9.80 Å². The first-order chi connectivity index (χ1) is 10.3. The van der Waals surface area contributed by atoms with E-state index in [-0.39, 0.29) is 0 Å². The van der Waals surface area contributed by atoms with Crippen LogP contribution >= 0.6 is 0 Å². The Hall–Kier alpha value is -1.30. The molecule has 0 aliphatic carbocycles. The van der Waals surface area contributed by atoms with E-state index in [1.54, 1.807) is 7.11 Å². The van der Waals surface area contributed by atoms with Crippen LogP contribution in [-0.2, 0) is 11.3 Å². The van der Waals surface area contributed by atoms with Crippen LogP contribution in [0, 0.1) is 0 Å². The number of hydrogen-bond donors (Lipinski definition) is 1. The summed E-state index contributed by atoms with van der Waals surface area (Å²) in [7, 11) is 1.69. The molecule has 5 nitrogen and oxygen atoms in total. The van der Waals surface area contributed by atoms with Crippen LogP contribution in [0.1, 0.15) is 12.0 Å². The normalized spacial score (nSPS) is 24.3. The van der Waals surface area contributed by atoms with Crippen molar-refractivity contribution in [3.8, 4) is 5.75 Å². The number of rotatable bonds is 4. The topological polar surface area (TPSA) is 51.0 Å². The fourth-order valence-electron chi connectivity index (χ4n) is 3.28. The molecule has 0 saturated carbocycles. The average molecular weight is 291 g/mol. The molecule has 0 spiro atoms. The molecule has 3 rings (SSSR count). The van der Waals surface area contributed by atoms with Gasteiger partial charge in [0, 0.05) is 44.5 Å². The summed E-state index contributed by atoms with van der Waals surface area (Å²) in [4.78, 5) is 5.06. The quantitative estimate of drug-likeness (QED) is 0.844. The smallest absolute Gasteiger partial charge is 0.119 e. The Bertz CT molecular complexity index is 475. The molecule has 2 aliphatic heterocycles. The van der Waals surface area contributed by atoms with Crippen LogP contribution < -0.4 is 10.5 Å². The van der Waals surface area contributed by atoms with E-state index in [4.69, 9.17) is 15.2 Å². The second-order valence-corrected chi connectivity index (χ2v) is 5.89. The van der Waals surface area contributed by atoms with Gasteiger partial charge in [-0.05, 0) is 30.2 Å². The van der Waals surface area contributed by atoms with Gasteiger partial charge in [-0.1, -0.05) is 0 Å². The first-order valence-electron chi connectivity index (χ1n) is 7.73. The number of likely N-dealkylation sites (tertiary alicyclic amines) is 1. The van der Waals surface area contributed by atoms with Crippen LogP contribution in [0.2, 0.25) is 0 Å². The maximum atomic E-state index is 6.09. The molecule has 1 aromatic carbocycles. The van der Waals surface area contributed by atoms with Crippen LogP contribution in [0.15, 0.2) is 18.2 Å². The van der Waals surface area contributed by atoms with Crippen molar-refractivity contribution in [2.45, 2.75) is 19.0 Å². The Labute approximate surface area is 126 Å². The number of morpholine rings is 1. The number of nitrogen functional groups attached to an aromatic ring is 1. The summed E-state index contributed by atoms with van der Waals surface area (Å²) in [6.45, 7) is 7.05. The van der Waals surface area contributed by atoms with Crippen molar-refractivity contribution in [2.24, 2.45) is 0 Å². The summed E-state index contributed by atoms with van der Waals surface area (Å²) in [6.07, 6.45) is 1.24. The number of ether oxygens (including phenoxy) is 2. The summed E-state index contributed by atoms with van der Waals surface area (Å²) < 4.78 is 10.7. The standard InChI is InChI=1S/C16H25N3O2/c1-20-15-2-3-16(17)13(10-15)11-18-5-4-14(12-18)19-6-8-21-9-7-19/h2-3,10,14H,4-9,11-12,17H2,1H3. The highest BCUT2D eigenvalue weighted by Gasteiger charge is 2.28. The largest absolute Gasteiger partial charge is 0.497 e. The van der Waals surface area contributed by atoms with Crippen molar-refractivity contribution < 1.29 is 9.47 Å². The summed E-state index contributed by atoms with van der Waals surface area (Å²) in [5, 5.41) is 0. The summed E-state index contributed by atoms with van der Waals surface area (Å²) in [6, 6.07) is 6.57. The first-order valence-corrected chi connectivity index (χ1v) is 7.73. The molecule has 2 fully saturated rings. The molecule has 0 radical (unpaired) electrons. The minimum absolute atomic E-state index is 0.667. The molecule has 21 heavy (non-hydrogen) atoms. The molecule has 116 valence electrons. The van der Waals surface area contributed by atoms with Gasteiger partial charge in [-0.2, -0.15) is 0 Å². The molecule has 1 unspecified atom stereocenters. The minimum atomic E-state index is 0.667. The second-order valence-electron chi connectivity index (χ2n) is 5.89. The Kier molecular flexibility index (Phi) is 4.63. The Balaban J connectivity index is 1.59. The van der Waals surface area contributed by atoms with Gasteiger partial charge in [-0.25, -0.2) is 0 Å². The molecule has 0 bridgehead atoms. The Morgan fingerprint density at radius 1 is 1.29 bits per heavy atom. The van der Waals surface area contributed by atoms with E-state index in [0.29, 0.717) is 6.04 Å². The number of hydrogen-bond acceptors (Lipinski definition) is 5. The van der Waals surface area contributed by atoms with E-state index in [1.807, 2.05) is 12.1 Å². The third-order valence-corrected chi connectivity index (χ3v) is 4.55. The zero-order valence-corrected chi connectivity index (χ0v) is 12.8. The molecule has 1 atom stereocenters. The highest BCUT2D eigenvalue weighted by atomic mass is 16.5. The number of methoxy groups -OCH3 is 1. The number of nitrogens with zero attached hydrogens (tertiary/aromatic N) is 2.